The van der Waals surface area contributed by atoms with Gasteiger partial charge in [0.15, 0.2) is 0 Å². The van der Waals surface area contributed by atoms with Crippen molar-refractivity contribution in [3.63, 3.8) is 0 Å². The number of thiophene rings is 1. The molecule has 0 spiro atoms. The summed E-state index contributed by atoms with van der Waals surface area (Å²) in [7, 11) is 0. The van der Waals surface area contributed by atoms with Crippen LogP contribution < -0.4 is 5.32 Å². The Hall–Kier alpha value is 0.140. The van der Waals surface area contributed by atoms with Crippen LogP contribution in [0.5, 0.6) is 0 Å². The predicted molar refractivity (Wildman–Crippen MR) is 91.1 cm³/mol. The van der Waals surface area contributed by atoms with Gasteiger partial charge in [-0.25, -0.2) is 0 Å². The van der Waals surface area contributed by atoms with E-state index in [0.717, 1.165) is 13.1 Å². The highest BCUT2D eigenvalue weighted by Crippen LogP contribution is 2.35. The molecule has 0 aliphatic carbocycles. The molecule has 0 amide bonds. The first-order chi connectivity index (χ1) is 9.15. The van der Waals surface area contributed by atoms with E-state index < -0.39 is 0 Å². The van der Waals surface area contributed by atoms with Crippen LogP contribution in [0.3, 0.4) is 0 Å². The largest absolute Gasteiger partial charge is 0.316 e. The summed E-state index contributed by atoms with van der Waals surface area (Å²) in [6.07, 6.45) is 7.68. The first kappa shape index (κ1) is 17.2. The molecule has 3 heteroatoms. The van der Waals surface area contributed by atoms with Crippen LogP contribution in [0.2, 0.25) is 0 Å². The monoisotopic (exact) mass is 345 g/mol. The molecule has 1 unspecified atom stereocenters. The Morgan fingerprint density at radius 1 is 1.26 bits per heavy atom. The Kier molecular flexibility index (Phi) is 8.27. The molecular formula is C16H28BrNS. The van der Waals surface area contributed by atoms with Gasteiger partial charge in [0.1, 0.15) is 0 Å². The minimum absolute atomic E-state index is 0.440. The zero-order valence-electron chi connectivity index (χ0n) is 12.6. The van der Waals surface area contributed by atoms with Crippen LogP contribution >= 0.6 is 27.3 Å². The summed E-state index contributed by atoms with van der Waals surface area (Å²) < 4.78 is 1.23. The molecule has 0 aromatic carbocycles. The summed E-state index contributed by atoms with van der Waals surface area (Å²) in [5.74, 6) is 0. The number of nitrogens with one attached hydrogen (secondary N) is 1. The van der Waals surface area contributed by atoms with Gasteiger partial charge in [0.25, 0.3) is 0 Å². The van der Waals surface area contributed by atoms with E-state index in [2.05, 4.69) is 53.5 Å². The first-order valence-electron chi connectivity index (χ1n) is 7.59. The predicted octanol–water partition coefficient (Wildman–Crippen LogP) is 5.64. The normalized spacial score (nSPS) is 14.5. The van der Waals surface area contributed by atoms with Gasteiger partial charge in [-0.2, -0.15) is 0 Å². The molecule has 1 nitrogen and oxygen atoms in total. The molecule has 1 rings (SSSR count). The van der Waals surface area contributed by atoms with E-state index >= 15 is 0 Å². The average Bonchev–Trinajstić information content (AvgIpc) is 2.81. The summed E-state index contributed by atoms with van der Waals surface area (Å²) in [5, 5.41) is 5.86. The third kappa shape index (κ3) is 5.97. The molecule has 0 fully saturated rings. The summed E-state index contributed by atoms with van der Waals surface area (Å²) >= 11 is 5.46. The van der Waals surface area contributed by atoms with Gasteiger partial charge in [0.05, 0.1) is 0 Å². The van der Waals surface area contributed by atoms with E-state index in [4.69, 9.17) is 0 Å². The molecule has 1 aromatic rings. The zero-order valence-corrected chi connectivity index (χ0v) is 15.0. The van der Waals surface area contributed by atoms with Crippen LogP contribution in [0, 0.1) is 5.41 Å². The molecule has 1 aromatic heterocycles. The van der Waals surface area contributed by atoms with Crippen LogP contribution in [-0.4, -0.2) is 13.1 Å². The van der Waals surface area contributed by atoms with Gasteiger partial charge in [-0.3, -0.25) is 0 Å². The maximum atomic E-state index is 3.66. The van der Waals surface area contributed by atoms with E-state index in [0.29, 0.717) is 5.41 Å². The molecule has 110 valence electrons. The van der Waals surface area contributed by atoms with Crippen molar-refractivity contribution in [3.05, 3.63) is 20.8 Å². The summed E-state index contributed by atoms with van der Waals surface area (Å²) in [6.45, 7) is 9.19. The fraction of sp³-hybridized carbons (Fsp3) is 0.750. The molecule has 0 aliphatic rings. The molecule has 0 aliphatic heterocycles. The summed E-state index contributed by atoms with van der Waals surface area (Å²) in [4.78, 5) is 1.52. The Morgan fingerprint density at radius 2 is 2.05 bits per heavy atom. The fourth-order valence-electron chi connectivity index (χ4n) is 2.56. The minimum Gasteiger partial charge on any atom is -0.316 e. The second-order valence-corrected chi connectivity index (χ2v) is 7.45. The highest BCUT2D eigenvalue weighted by atomic mass is 79.9. The summed E-state index contributed by atoms with van der Waals surface area (Å²) in [6, 6.07) is 2.29. The van der Waals surface area contributed by atoms with Crippen LogP contribution in [-0.2, 0) is 6.42 Å². The van der Waals surface area contributed by atoms with E-state index in [-0.39, 0.29) is 0 Å². The minimum atomic E-state index is 0.440. The van der Waals surface area contributed by atoms with Crippen molar-refractivity contribution in [2.75, 3.05) is 13.1 Å². The van der Waals surface area contributed by atoms with Gasteiger partial charge >= 0.3 is 0 Å². The van der Waals surface area contributed by atoms with E-state index in [9.17, 15) is 0 Å². The standard InChI is InChI=1S/C16H28BrNS/c1-4-7-8-16(6-3,13-18-9-5-2)11-15-10-14(17)12-19-15/h10,12,18H,4-9,11,13H2,1-3H3. The molecule has 1 atom stereocenters. The topological polar surface area (TPSA) is 12.0 Å². The van der Waals surface area contributed by atoms with Crippen molar-refractivity contribution < 1.29 is 0 Å². The second-order valence-electron chi connectivity index (χ2n) is 5.54. The van der Waals surface area contributed by atoms with Gasteiger partial charge in [-0.15, -0.1) is 11.3 Å². The van der Waals surface area contributed by atoms with E-state index in [1.165, 1.54) is 47.9 Å². The lowest BCUT2D eigenvalue weighted by atomic mass is 9.76. The highest BCUT2D eigenvalue weighted by Gasteiger charge is 2.28. The van der Waals surface area contributed by atoms with Crippen LogP contribution in [0.15, 0.2) is 15.9 Å². The molecular weight excluding hydrogens is 318 g/mol. The zero-order chi connectivity index (χ0) is 14.1. The molecule has 0 saturated heterocycles. The lowest BCUT2D eigenvalue weighted by molar-refractivity contribution is 0.231. The van der Waals surface area contributed by atoms with Gasteiger partial charge < -0.3 is 5.32 Å². The van der Waals surface area contributed by atoms with Gasteiger partial charge in [-0.1, -0.05) is 33.6 Å². The molecule has 0 radical (unpaired) electrons. The molecule has 0 saturated carbocycles. The second kappa shape index (κ2) is 9.15. The van der Waals surface area contributed by atoms with Crippen LogP contribution in [0.25, 0.3) is 0 Å². The van der Waals surface area contributed by atoms with Gasteiger partial charge in [0.2, 0.25) is 0 Å². The highest BCUT2D eigenvalue weighted by molar-refractivity contribution is 9.10. The SMILES string of the molecule is CCCCC(CC)(CNCCC)Cc1cc(Br)cs1. The Balaban J connectivity index is 2.69. The van der Waals surface area contributed by atoms with Crippen molar-refractivity contribution in [2.24, 2.45) is 5.41 Å². The lowest BCUT2D eigenvalue weighted by Gasteiger charge is -2.33. The lowest BCUT2D eigenvalue weighted by Crippen LogP contribution is -2.36. The quantitative estimate of drug-likeness (QED) is 0.541. The number of hydrogen-bond donors (Lipinski definition) is 1. The third-order valence-electron chi connectivity index (χ3n) is 3.91. The molecule has 1 N–H and O–H groups in total. The van der Waals surface area contributed by atoms with Crippen LogP contribution in [0.4, 0.5) is 0 Å². The Morgan fingerprint density at radius 3 is 2.58 bits per heavy atom. The number of halogens is 1. The molecule has 1 heterocycles. The number of rotatable bonds is 10. The summed E-state index contributed by atoms with van der Waals surface area (Å²) in [5.41, 5.74) is 0.440. The van der Waals surface area contributed by atoms with Crippen molar-refractivity contribution >= 4 is 27.3 Å². The van der Waals surface area contributed by atoms with E-state index in [1.54, 1.807) is 0 Å². The Labute approximate surface area is 131 Å². The smallest absolute Gasteiger partial charge is 0.0285 e. The van der Waals surface area contributed by atoms with Crippen LogP contribution in [0.1, 0.15) is 57.8 Å². The first-order valence-corrected chi connectivity index (χ1v) is 9.26. The number of unbranched alkanes of at least 4 members (excludes halogenated alkanes) is 1. The number of hydrogen-bond acceptors (Lipinski definition) is 2. The van der Waals surface area contributed by atoms with Gasteiger partial charge in [0, 0.05) is 21.3 Å². The average molecular weight is 346 g/mol. The maximum Gasteiger partial charge on any atom is 0.0285 e. The van der Waals surface area contributed by atoms with Crippen molar-refractivity contribution in [1.29, 1.82) is 0 Å². The molecule has 19 heavy (non-hydrogen) atoms. The third-order valence-corrected chi connectivity index (χ3v) is 5.61. The van der Waals surface area contributed by atoms with Gasteiger partial charge in [-0.05, 0) is 59.6 Å². The van der Waals surface area contributed by atoms with E-state index in [1.807, 2.05) is 11.3 Å². The van der Waals surface area contributed by atoms with Crippen molar-refractivity contribution in [2.45, 2.75) is 59.3 Å². The molecule has 0 bridgehead atoms. The van der Waals surface area contributed by atoms with Crippen molar-refractivity contribution in [1.82, 2.24) is 5.32 Å². The maximum absolute atomic E-state index is 3.66. The fourth-order valence-corrected chi connectivity index (χ4v) is 4.19. The Bertz CT molecular complexity index is 350. The van der Waals surface area contributed by atoms with Crippen molar-refractivity contribution in [3.8, 4) is 0 Å².